The number of carboxylic acids is 2. The first-order chi connectivity index (χ1) is 17.3. The van der Waals surface area contributed by atoms with E-state index in [9.17, 15) is 14.4 Å². The zero-order valence-electron chi connectivity index (χ0n) is 21.4. The van der Waals surface area contributed by atoms with Gasteiger partial charge in [0.1, 0.15) is 0 Å². The van der Waals surface area contributed by atoms with E-state index in [4.69, 9.17) is 10.2 Å². The number of hydrogen-bond donors (Lipinski definition) is 3. The molecule has 0 bridgehead atoms. The molecule has 1 amide bonds. The molecule has 3 aliphatic rings. The molecule has 1 aromatic heterocycles. The molecule has 0 saturated heterocycles. The average Bonchev–Trinajstić information content (AvgIpc) is 3.29. The molecular formula is C28H37N3O5. The van der Waals surface area contributed by atoms with Crippen molar-refractivity contribution < 1.29 is 24.6 Å². The van der Waals surface area contributed by atoms with Crippen LogP contribution in [0.5, 0.6) is 0 Å². The van der Waals surface area contributed by atoms with Crippen LogP contribution < -0.4 is 0 Å². The zero-order valence-corrected chi connectivity index (χ0v) is 21.4. The minimum Gasteiger partial charge on any atom is -0.481 e. The van der Waals surface area contributed by atoms with Crippen LogP contribution in [0.3, 0.4) is 0 Å². The number of nitrogens with one attached hydrogen (secondary N) is 1. The molecule has 3 N–H and O–H groups in total. The summed E-state index contributed by atoms with van der Waals surface area (Å²) in [5, 5.41) is 18.7. The molecule has 2 unspecified atom stereocenters. The zero-order chi connectivity index (χ0) is 26.0. The van der Waals surface area contributed by atoms with Crippen molar-refractivity contribution in [1.29, 1.82) is 0 Å². The van der Waals surface area contributed by atoms with Crippen molar-refractivity contribution in [3.05, 3.63) is 41.6 Å². The van der Waals surface area contributed by atoms with E-state index in [1.165, 1.54) is 27.6 Å². The number of amides is 1. The second-order valence-corrected chi connectivity index (χ2v) is 10.1. The number of hydrogen-bond acceptors (Lipinski definition) is 4. The van der Waals surface area contributed by atoms with Crippen LogP contribution in [0.25, 0.3) is 16.5 Å². The number of fused-ring (bicyclic) bond motifs is 2. The number of likely N-dealkylation sites (N-methyl/N-ethyl adjacent to an activating group) is 1. The Hall–Kier alpha value is -3.13. The average molecular weight is 496 g/mol. The second-order valence-electron chi connectivity index (χ2n) is 10.1. The highest BCUT2D eigenvalue weighted by molar-refractivity contribution is 5.99. The van der Waals surface area contributed by atoms with Gasteiger partial charge in [0, 0.05) is 42.8 Å². The van der Waals surface area contributed by atoms with E-state index in [1.54, 1.807) is 0 Å². The van der Waals surface area contributed by atoms with E-state index in [1.807, 2.05) is 4.90 Å². The number of aromatic amines is 1. The van der Waals surface area contributed by atoms with Crippen LogP contribution in [-0.4, -0.2) is 75.6 Å². The molecule has 5 rings (SSSR count). The van der Waals surface area contributed by atoms with Crippen LogP contribution in [0.1, 0.15) is 50.7 Å². The lowest BCUT2D eigenvalue weighted by Crippen LogP contribution is -2.47. The van der Waals surface area contributed by atoms with E-state index in [0.717, 1.165) is 38.9 Å². The number of nitrogens with zero attached hydrogens (tertiary/aromatic N) is 2. The van der Waals surface area contributed by atoms with Gasteiger partial charge in [0.15, 0.2) is 0 Å². The Kier molecular flexibility index (Phi) is 7.83. The molecule has 4 atom stereocenters. The van der Waals surface area contributed by atoms with Crippen LogP contribution in [0.4, 0.5) is 0 Å². The minimum absolute atomic E-state index is 0.0445. The predicted octanol–water partition coefficient (Wildman–Crippen LogP) is 3.87. The van der Waals surface area contributed by atoms with Gasteiger partial charge >= 0.3 is 11.9 Å². The highest BCUT2D eigenvalue weighted by Crippen LogP contribution is 2.41. The fourth-order valence-corrected chi connectivity index (χ4v) is 6.10. The van der Waals surface area contributed by atoms with Crippen LogP contribution in [0.2, 0.25) is 0 Å². The fraction of sp³-hybridized carbons (Fsp3) is 0.536. The van der Waals surface area contributed by atoms with Crippen molar-refractivity contribution in [1.82, 2.24) is 14.8 Å². The molecule has 8 heteroatoms. The lowest BCUT2D eigenvalue weighted by Gasteiger charge is -2.40. The maximum absolute atomic E-state index is 12.9. The number of H-pyrrole nitrogens is 1. The van der Waals surface area contributed by atoms with Crippen molar-refractivity contribution in [3.8, 4) is 0 Å². The van der Waals surface area contributed by atoms with E-state index in [-0.39, 0.29) is 11.8 Å². The summed E-state index contributed by atoms with van der Waals surface area (Å²) in [4.78, 5) is 41.8. The molecule has 2 aromatic rings. The number of carbonyl (C=O) groups excluding carboxylic acids is 1. The van der Waals surface area contributed by atoms with Crippen LogP contribution in [-0.2, 0) is 20.8 Å². The molecule has 1 saturated carbocycles. The third-order valence-corrected chi connectivity index (χ3v) is 8.06. The number of aromatic nitrogens is 1. The maximum Gasteiger partial charge on any atom is 0.307 e. The van der Waals surface area contributed by atoms with E-state index >= 15 is 0 Å². The molecule has 1 aliphatic heterocycles. The highest BCUT2D eigenvalue weighted by atomic mass is 16.4. The third-order valence-electron chi connectivity index (χ3n) is 8.06. The summed E-state index contributed by atoms with van der Waals surface area (Å²) >= 11 is 0. The number of benzene rings is 1. The first kappa shape index (κ1) is 25.9. The van der Waals surface area contributed by atoms with Crippen molar-refractivity contribution >= 4 is 34.3 Å². The predicted molar refractivity (Wildman–Crippen MR) is 139 cm³/mol. The van der Waals surface area contributed by atoms with Gasteiger partial charge in [-0.3, -0.25) is 19.3 Å². The SMILES string of the molecule is CCN(CC)C(=O)[C@@H]1C=C2c3cccc4[nH]cc(c34)C[C@H]2N(C)C1.O=C(O)C1CCCCC1C(=O)O. The molecule has 2 heterocycles. The Morgan fingerprint density at radius 3 is 2.28 bits per heavy atom. The Balaban J connectivity index is 0.000000214. The molecule has 0 spiro atoms. The maximum atomic E-state index is 12.9. The lowest BCUT2D eigenvalue weighted by molar-refractivity contribution is -0.155. The monoisotopic (exact) mass is 495 g/mol. The van der Waals surface area contributed by atoms with Gasteiger partial charge in [-0.05, 0) is 62.9 Å². The molecule has 36 heavy (non-hydrogen) atoms. The van der Waals surface area contributed by atoms with Gasteiger partial charge in [-0.2, -0.15) is 0 Å². The number of carbonyl (C=O) groups is 3. The third kappa shape index (κ3) is 4.91. The molecule has 1 fully saturated rings. The minimum atomic E-state index is -0.970. The van der Waals surface area contributed by atoms with Crippen LogP contribution in [0.15, 0.2) is 30.5 Å². The first-order valence-corrected chi connectivity index (χ1v) is 13.0. The molecule has 0 radical (unpaired) electrons. The van der Waals surface area contributed by atoms with Gasteiger partial charge in [-0.1, -0.05) is 31.1 Å². The van der Waals surface area contributed by atoms with Crippen molar-refractivity contribution in [2.24, 2.45) is 17.8 Å². The Morgan fingerprint density at radius 1 is 1.06 bits per heavy atom. The second kappa shape index (κ2) is 10.9. The largest absolute Gasteiger partial charge is 0.481 e. The van der Waals surface area contributed by atoms with Crippen molar-refractivity contribution in [2.45, 2.75) is 52.0 Å². The standard InChI is InChI=1S/C20H25N3O.C8H12O4/c1-4-23(5-2)20(24)14-9-16-15-7-6-8-17-19(15)13(11-21-17)10-18(16)22(3)12-14;9-7(10)5-3-1-2-4-6(5)8(11)12/h6-9,11,14,18,21H,4-5,10,12H2,1-3H3;5-6H,1-4H2,(H,9,10)(H,11,12)/t14-,18-;/m1./s1. The van der Waals surface area contributed by atoms with E-state index in [2.05, 4.69) is 61.3 Å². The smallest absolute Gasteiger partial charge is 0.307 e. The van der Waals surface area contributed by atoms with Crippen molar-refractivity contribution in [2.75, 3.05) is 26.7 Å². The topological polar surface area (TPSA) is 114 Å². The fourth-order valence-electron chi connectivity index (χ4n) is 6.10. The Bertz CT molecular complexity index is 1140. The first-order valence-electron chi connectivity index (χ1n) is 13.0. The summed E-state index contributed by atoms with van der Waals surface area (Å²) < 4.78 is 0. The lowest BCUT2D eigenvalue weighted by atomic mass is 9.79. The normalized spacial score (nSPS) is 25.2. The van der Waals surface area contributed by atoms with Crippen LogP contribution in [0, 0.1) is 17.8 Å². The van der Waals surface area contributed by atoms with Gasteiger partial charge in [-0.25, -0.2) is 0 Å². The summed E-state index contributed by atoms with van der Waals surface area (Å²) in [7, 11) is 2.15. The van der Waals surface area contributed by atoms with E-state index in [0.29, 0.717) is 18.9 Å². The van der Waals surface area contributed by atoms with E-state index < -0.39 is 23.8 Å². The van der Waals surface area contributed by atoms with Gasteiger partial charge in [0.25, 0.3) is 0 Å². The van der Waals surface area contributed by atoms with Crippen LogP contribution >= 0.6 is 0 Å². The molecule has 8 nitrogen and oxygen atoms in total. The van der Waals surface area contributed by atoms with Gasteiger partial charge in [0.2, 0.25) is 5.91 Å². The Morgan fingerprint density at radius 2 is 1.69 bits per heavy atom. The summed E-state index contributed by atoms with van der Waals surface area (Å²) in [6.07, 6.45) is 8.09. The highest BCUT2D eigenvalue weighted by Gasteiger charge is 2.37. The Labute approximate surface area is 212 Å². The quantitative estimate of drug-likeness (QED) is 0.580. The molecule has 2 aliphatic carbocycles. The molecular weight excluding hydrogens is 458 g/mol. The summed E-state index contributed by atoms with van der Waals surface area (Å²) in [6.45, 7) is 6.47. The number of aliphatic carboxylic acids is 2. The van der Waals surface area contributed by atoms with Gasteiger partial charge in [-0.15, -0.1) is 0 Å². The summed E-state index contributed by atoms with van der Waals surface area (Å²) in [6, 6.07) is 6.82. The van der Waals surface area contributed by atoms with Gasteiger partial charge < -0.3 is 20.1 Å². The molecule has 194 valence electrons. The number of rotatable bonds is 5. The summed E-state index contributed by atoms with van der Waals surface area (Å²) in [5.74, 6) is -3.07. The van der Waals surface area contributed by atoms with Gasteiger partial charge in [0.05, 0.1) is 17.8 Å². The van der Waals surface area contributed by atoms with Crippen molar-refractivity contribution in [3.63, 3.8) is 0 Å². The summed E-state index contributed by atoms with van der Waals surface area (Å²) in [5.41, 5.74) is 5.21. The molecule has 1 aromatic carbocycles. The number of carboxylic acid groups (broad SMARTS) is 2.